The highest BCUT2D eigenvalue weighted by Gasteiger charge is 2.44. The number of hydrogen-bond acceptors (Lipinski definition) is 11. The van der Waals surface area contributed by atoms with Gasteiger partial charge < -0.3 is 51.4 Å². The Morgan fingerprint density at radius 3 is 1.24 bits per heavy atom. The van der Waals surface area contributed by atoms with E-state index >= 15 is 0 Å². The van der Waals surface area contributed by atoms with Crippen molar-refractivity contribution < 1.29 is 26.5 Å². The first-order chi connectivity index (χ1) is 70.6. The van der Waals surface area contributed by atoms with E-state index in [-0.39, 0.29) is 6.71 Å². The number of benzene rings is 21. The molecule has 6 aromatic heterocycles. The number of halogens is 4. The predicted octanol–water partition coefficient (Wildman–Crippen LogP) is 36.9. The number of nitrogens with one attached hydrogen (secondary N) is 1. The summed E-state index contributed by atoms with van der Waals surface area (Å²) >= 11 is 22.2. The molecule has 16 heteroatoms. The molecule has 29 rings (SSSR count). The highest BCUT2D eigenvalue weighted by molar-refractivity contribution is 9.10. The van der Waals surface area contributed by atoms with E-state index in [0.29, 0.717) is 15.1 Å². The molecule has 0 bridgehead atoms. The normalized spacial score (nSPS) is 11.9. The van der Waals surface area contributed by atoms with Crippen LogP contribution in [0.15, 0.2) is 510 Å². The molecule has 143 heavy (non-hydrogen) atoms. The number of furan rings is 6. The van der Waals surface area contributed by atoms with Gasteiger partial charge in [0.2, 0.25) is 0 Å². The summed E-state index contributed by atoms with van der Waals surface area (Å²) in [5, 5.41) is 18.6. The van der Waals surface area contributed by atoms with Crippen LogP contribution in [0.5, 0.6) is 0 Å². The van der Waals surface area contributed by atoms with Crippen LogP contribution in [-0.4, -0.2) is 6.71 Å². The summed E-state index contributed by atoms with van der Waals surface area (Å²) in [7, 11) is 0. The molecule has 0 fully saturated rings. The quantitative estimate of drug-likeness (QED) is 0.0934. The van der Waals surface area contributed by atoms with Gasteiger partial charge in [0.15, 0.2) is 11.2 Å². The Hall–Kier alpha value is -17.2. The number of anilines is 14. The zero-order valence-corrected chi connectivity index (χ0v) is 80.5. The summed E-state index contributed by atoms with van der Waals surface area (Å²) in [5.41, 5.74) is 31.7. The first-order valence-corrected chi connectivity index (χ1v) is 49.3. The molecule has 0 radical (unpaired) electrons. The van der Waals surface area contributed by atoms with Crippen molar-refractivity contribution in [3.05, 3.63) is 510 Å². The Balaban J connectivity index is 0.000000103. The molecule has 2 aliphatic heterocycles. The van der Waals surface area contributed by atoms with Crippen LogP contribution < -0.4 is 41.3 Å². The Morgan fingerprint density at radius 2 is 0.643 bits per heavy atom. The molecule has 27 aromatic rings. The second-order valence-electron chi connectivity index (χ2n) is 35.4. The molecule has 0 unspecified atom stereocenters. The maximum absolute atomic E-state index is 7.59. The molecule has 0 amide bonds. The van der Waals surface area contributed by atoms with Crippen LogP contribution in [0, 0.1) is 0 Å². The molecule has 0 spiro atoms. The van der Waals surface area contributed by atoms with Crippen molar-refractivity contribution in [1.82, 2.24) is 0 Å². The molecule has 11 nitrogen and oxygen atoms in total. The third kappa shape index (κ3) is 16.2. The van der Waals surface area contributed by atoms with Crippen LogP contribution in [0.1, 0.15) is 11.1 Å². The number of para-hydroxylation sites is 13. The van der Waals surface area contributed by atoms with Crippen molar-refractivity contribution in [2.24, 2.45) is 0 Å². The lowest BCUT2D eigenvalue weighted by molar-refractivity contribution is 0.668. The highest BCUT2D eigenvalue weighted by Crippen LogP contribution is 2.53. The van der Waals surface area contributed by atoms with E-state index in [0.717, 1.165) is 194 Å². The zero-order chi connectivity index (χ0) is 95.5. The molecule has 0 atom stereocenters. The van der Waals surface area contributed by atoms with Gasteiger partial charge in [0.25, 0.3) is 6.71 Å². The fourth-order valence-electron chi connectivity index (χ4n) is 20.4. The Bertz CT molecular complexity index is 9490. The maximum atomic E-state index is 7.59. The van der Waals surface area contributed by atoms with Crippen LogP contribution in [0.25, 0.3) is 132 Å². The van der Waals surface area contributed by atoms with Crippen molar-refractivity contribution in [2.45, 2.75) is 6.42 Å². The molecule has 0 saturated carbocycles. The maximum Gasteiger partial charge on any atom is 0.252 e. The minimum atomic E-state index is 0.0782. The molecule has 8 heterocycles. The molecule has 21 aromatic carbocycles. The third-order valence-corrected chi connectivity index (χ3v) is 28.9. The lowest BCUT2D eigenvalue weighted by Crippen LogP contribution is -2.61. The molecule has 682 valence electrons. The number of fused-ring (bicyclic) bond motifs is 22. The predicted molar refractivity (Wildman–Crippen MR) is 601 cm³/mol. The van der Waals surface area contributed by atoms with Crippen LogP contribution in [0.2, 0.25) is 15.1 Å². The zero-order valence-electron chi connectivity index (χ0n) is 76.6. The monoisotopic (exact) mass is 1970 g/mol. The summed E-state index contributed by atoms with van der Waals surface area (Å²) in [4.78, 5) is 9.23. The molecular formula is C127H82BBrCl3N5O6. The van der Waals surface area contributed by atoms with E-state index in [1.54, 1.807) is 6.07 Å². The molecule has 2 aliphatic rings. The second kappa shape index (κ2) is 37.5. The Kier molecular flexibility index (Phi) is 22.9. The van der Waals surface area contributed by atoms with E-state index in [1.165, 1.54) is 55.3 Å². The van der Waals surface area contributed by atoms with Crippen molar-refractivity contribution >= 4 is 285 Å². The van der Waals surface area contributed by atoms with Crippen LogP contribution in [0.3, 0.4) is 0 Å². The average Bonchev–Trinajstić information content (AvgIpc) is 0.813. The van der Waals surface area contributed by atoms with Crippen molar-refractivity contribution in [2.75, 3.05) is 24.9 Å². The van der Waals surface area contributed by atoms with Gasteiger partial charge in [-0.3, -0.25) is 0 Å². The summed E-state index contributed by atoms with van der Waals surface area (Å²) < 4.78 is 38.1. The van der Waals surface area contributed by atoms with E-state index < -0.39 is 0 Å². The SMILES string of the molecule is Clc1c(N(c2ccccc2)c2ccc3oc4ccccc4c3c2)cccc1N(c1ccccc1)c1cccc2c1oc1ccccc12.Clc1cccc(Br)c1Cl.c1ccc(Cc2ccc3oc4ccccc4c3c2)cc1.c1ccc(Nc2ccc3c(c2)oc2ccccc23)cc1.c1ccc2c(c1)B1c3ccccc3N(c3cccc4c3oc3ccccc34)c3cccc(c31)N2c1ccc2oc3ccccc3c2c1. The third-order valence-electron chi connectivity index (χ3n) is 26.8. The van der Waals surface area contributed by atoms with Gasteiger partial charge in [0.1, 0.15) is 55.8 Å². The Labute approximate surface area is 846 Å². The molecule has 0 saturated heterocycles. The molecular weight excluding hydrogens is 1890 g/mol. The van der Waals surface area contributed by atoms with Crippen molar-refractivity contribution in [3.63, 3.8) is 0 Å². The van der Waals surface area contributed by atoms with Crippen molar-refractivity contribution in [1.29, 1.82) is 0 Å². The van der Waals surface area contributed by atoms with E-state index in [4.69, 9.17) is 61.3 Å². The van der Waals surface area contributed by atoms with Crippen molar-refractivity contribution in [3.8, 4) is 0 Å². The summed E-state index contributed by atoms with van der Waals surface area (Å²) in [6.45, 7) is 0.0782. The van der Waals surface area contributed by atoms with Gasteiger partial charge in [-0.1, -0.05) is 314 Å². The minimum absolute atomic E-state index is 0.0782. The summed E-state index contributed by atoms with van der Waals surface area (Å²) in [6.07, 6.45) is 0.955. The highest BCUT2D eigenvalue weighted by atomic mass is 79.9. The first-order valence-electron chi connectivity index (χ1n) is 47.4. The van der Waals surface area contributed by atoms with E-state index in [9.17, 15) is 0 Å². The standard InChI is InChI=1S/C42H25BN2O2.C42H27ClN2O2.C19H14O.C18H13NO.C6H3BrCl2/c1-8-22-39-27(11-1)29-13-9-20-37(42(29)47-39)45-34-17-6-4-15-32(34)43-31-14-3-5-16-33(31)44(35-18-10-19-36(45)41(35)43)26-23-24-40-30(25-26)28-12-2-7-21-38(28)46-40;43-41-35(44(28-13-3-1-4-14-28)30-25-26-40-34(27-30)32-18-8-9-23-38(32)46-40)20-12-21-36(41)45(29-15-5-2-6-16-29)37-22-11-19-33-31-17-7-10-24-39(31)47-42(33)37;1-2-6-14(7-3-1)12-15-10-11-19-17(13-15)16-8-4-5-9-18(16)20-19;1-2-6-13(7-3-1)19-14-10-11-16-15-8-4-5-9-17(15)20-18(16)12-14;7-4-2-1-3-5(8)6(4)9/h1-25H;1-27H;1-11,13H,12H2;1-12,19H;1-3H. The number of nitrogens with zero attached hydrogens (tertiary/aromatic N) is 4. The topological polar surface area (TPSA) is 104 Å². The van der Waals surface area contributed by atoms with Crippen LogP contribution in [-0.2, 0) is 6.42 Å². The van der Waals surface area contributed by atoms with Gasteiger partial charge >= 0.3 is 0 Å². The van der Waals surface area contributed by atoms with Gasteiger partial charge in [0.05, 0.1) is 37.8 Å². The minimum Gasteiger partial charge on any atom is -0.456 e. The molecule has 0 aliphatic carbocycles. The van der Waals surface area contributed by atoms with E-state index in [1.807, 2.05) is 176 Å². The lowest BCUT2D eigenvalue weighted by Gasteiger charge is -2.43. The van der Waals surface area contributed by atoms with Gasteiger partial charge in [0, 0.05) is 132 Å². The van der Waals surface area contributed by atoms with Gasteiger partial charge in [-0.2, -0.15) is 0 Å². The summed E-state index contributed by atoms with van der Waals surface area (Å²) in [5.74, 6) is 0. The van der Waals surface area contributed by atoms with Crippen LogP contribution in [0.4, 0.5) is 79.6 Å². The largest absolute Gasteiger partial charge is 0.456 e. The number of hydrogen-bond donors (Lipinski definition) is 1. The lowest BCUT2D eigenvalue weighted by atomic mass is 9.33. The first kappa shape index (κ1) is 87.3. The van der Waals surface area contributed by atoms with Gasteiger partial charge in [-0.15, -0.1) is 0 Å². The Morgan fingerprint density at radius 1 is 0.245 bits per heavy atom. The van der Waals surface area contributed by atoms with Gasteiger partial charge in [-0.05, 0) is 244 Å². The number of rotatable bonds is 12. The fourth-order valence-corrected chi connectivity index (χ4v) is 21.5. The molecule has 1 N–H and O–H groups in total. The summed E-state index contributed by atoms with van der Waals surface area (Å²) in [6, 6.07) is 165. The van der Waals surface area contributed by atoms with Crippen LogP contribution >= 0.6 is 50.7 Å². The second-order valence-corrected chi connectivity index (χ2v) is 37.4. The smallest absolute Gasteiger partial charge is 0.252 e. The average molecular weight is 1970 g/mol. The van der Waals surface area contributed by atoms with E-state index in [2.05, 4.69) is 338 Å². The van der Waals surface area contributed by atoms with Gasteiger partial charge in [-0.25, -0.2) is 0 Å². The fraction of sp³-hybridized carbons (Fsp3) is 0.00787.